The molecule has 2 rings (SSSR count). The summed E-state index contributed by atoms with van der Waals surface area (Å²) < 4.78 is 0. The molecule has 0 radical (unpaired) electrons. The Bertz CT molecular complexity index is 307. The normalized spacial score (nSPS) is 41.0. The van der Waals surface area contributed by atoms with E-state index in [0.29, 0.717) is 6.54 Å². The molecule has 5 nitrogen and oxygen atoms in total. The van der Waals surface area contributed by atoms with Crippen molar-refractivity contribution < 1.29 is 9.59 Å². The highest BCUT2D eigenvalue weighted by molar-refractivity contribution is 5.90. The van der Waals surface area contributed by atoms with Crippen LogP contribution in [0.2, 0.25) is 0 Å². The van der Waals surface area contributed by atoms with Gasteiger partial charge >= 0.3 is 0 Å². The minimum absolute atomic E-state index is 0.00597. The van der Waals surface area contributed by atoms with Crippen LogP contribution in [-0.4, -0.2) is 53.4 Å². The molecule has 84 valence electrons. The number of carbonyl (C=O) groups excluding carboxylic acids is 2. The number of amides is 1. The summed E-state index contributed by atoms with van der Waals surface area (Å²) in [5, 5.41) is 6.65. The first-order chi connectivity index (χ1) is 7.03. The number of nitrogens with one attached hydrogen (secondary N) is 1. The van der Waals surface area contributed by atoms with Gasteiger partial charge < -0.3 is 10.1 Å². The maximum Gasteiger partial charge on any atom is 0.258 e. The van der Waals surface area contributed by atoms with Crippen molar-refractivity contribution in [2.24, 2.45) is 0 Å². The smallest absolute Gasteiger partial charge is 0.258 e. The highest BCUT2D eigenvalue weighted by Crippen LogP contribution is 2.33. The predicted molar refractivity (Wildman–Crippen MR) is 54.9 cm³/mol. The van der Waals surface area contributed by atoms with Gasteiger partial charge in [0.2, 0.25) is 0 Å². The van der Waals surface area contributed by atoms with Crippen LogP contribution >= 0.6 is 0 Å². The first-order valence-electron chi connectivity index (χ1n) is 5.28. The molecule has 3 unspecified atom stereocenters. The van der Waals surface area contributed by atoms with Gasteiger partial charge in [-0.1, -0.05) is 0 Å². The summed E-state index contributed by atoms with van der Waals surface area (Å²) in [6.45, 7) is 4.57. The molecule has 2 aliphatic heterocycles. The molecule has 1 N–H and O–H groups in total. The van der Waals surface area contributed by atoms with Crippen molar-refractivity contribution >= 4 is 12.2 Å². The fourth-order valence-corrected chi connectivity index (χ4v) is 2.42. The van der Waals surface area contributed by atoms with Crippen LogP contribution in [-0.2, 0) is 9.59 Å². The number of hydrazine groups is 1. The zero-order valence-electron chi connectivity index (χ0n) is 9.36. The van der Waals surface area contributed by atoms with Crippen LogP contribution in [0, 0.1) is 0 Å². The Morgan fingerprint density at radius 2 is 2.27 bits per heavy atom. The van der Waals surface area contributed by atoms with E-state index >= 15 is 0 Å². The number of aldehydes is 1. The standard InChI is InChI=1S/C10H17N3O2/c1-7-4-8(5-14)13-9(15)10(2,11-3)6-12(7)13/h5,7-8,11H,4,6H2,1-3H3. The summed E-state index contributed by atoms with van der Waals surface area (Å²) in [4.78, 5) is 23.0. The van der Waals surface area contributed by atoms with E-state index in [1.54, 1.807) is 12.1 Å². The molecule has 0 aromatic carbocycles. The van der Waals surface area contributed by atoms with Crippen LogP contribution in [0.25, 0.3) is 0 Å². The summed E-state index contributed by atoms with van der Waals surface area (Å²) in [7, 11) is 1.78. The third kappa shape index (κ3) is 1.30. The highest BCUT2D eigenvalue weighted by atomic mass is 16.2. The minimum Gasteiger partial charge on any atom is -0.305 e. The molecule has 0 aromatic rings. The van der Waals surface area contributed by atoms with E-state index in [1.807, 2.05) is 18.9 Å². The van der Waals surface area contributed by atoms with Crippen molar-refractivity contribution in [3.8, 4) is 0 Å². The van der Waals surface area contributed by atoms with E-state index < -0.39 is 5.54 Å². The topological polar surface area (TPSA) is 52.7 Å². The van der Waals surface area contributed by atoms with Crippen LogP contribution in [0.1, 0.15) is 20.3 Å². The van der Waals surface area contributed by atoms with E-state index in [4.69, 9.17) is 0 Å². The monoisotopic (exact) mass is 211 g/mol. The third-order valence-corrected chi connectivity index (χ3v) is 3.55. The van der Waals surface area contributed by atoms with E-state index in [1.165, 1.54) is 0 Å². The second kappa shape index (κ2) is 3.28. The molecule has 5 heteroatoms. The van der Waals surface area contributed by atoms with Crippen molar-refractivity contribution in [1.29, 1.82) is 0 Å². The lowest BCUT2D eigenvalue weighted by molar-refractivity contribution is -0.143. The van der Waals surface area contributed by atoms with E-state index in [-0.39, 0.29) is 18.0 Å². The van der Waals surface area contributed by atoms with Gasteiger partial charge in [0.1, 0.15) is 17.9 Å². The Kier molecular flexibility index (Phi) is 2.31. The second-order valence-electron chi connectivity index (χ2n) is 4.62. The number of hydrogen-bond acceptors (Lipinski definition) is 4. The van der Waals surface area contributed by atoms with Gasteiger partial charge in [-0.15, -0.1) is 0 Å². The number of carbonyl (C=O) groups is 2. The zero-order chi connectivity index (χ0) is 11.2. The van der Waals surface area contributed by atoms with Crippen molar-refractivity contribution in [3.05, 3.63) is 0 Å². The summed E-state index contributed by atoms with van der Waals surface area (Å²) in [5.74, 6) is 0.00597. The molecule has 2 aliphatic rings. The van der Waals surface area contributed by atoms with Gasteiger partial charge in [0.15, 0.2) is 0 Å². The van der Waals surface area contributed by atoms with Crippen molar-refractivity contribution in [2.45, 2.75) is 37.9 Å². The largest absolute Gasteiger partial charge is 0.305 e. The highest BCUT2D eigenvalue weighted by Gasteiger charge is 2.54. The lowest BCUT2D eigenvalue weighted by atomic mass is 10.0. The molecular weight excluding hydrogens is 194 g/mol. The number of hydrogen-bond donors (Lipinski definition) is 1. The fraction of sp³-hybridized carbons (Fsp3) is 0.800. The number of fused-ring (bicyclic) bond motifs is 1. The third-order valence-electron chi connectivity index (χ3n) is 3.55. The molecule has 0 aliphatic carbocycles. The summed E-state index contributed by atoms with van der Waals surface area (Å²) in [6.07, 6.45) is 1.62. The zero-order valence-corrected chi connectivity index (χ0v) is 9.36. The first kappa shape index (κ1) is 10.6. The van der Waals surface area contributed by atoms with Gasteiger partial charge in [-0.05, 0) is 27.3 Å². The summed E-state index contributed by atoms with van der Waals surface area (Å²) in [5.41, 5.74) is -0.546. The van der Waals surface area contributed by atoms with Gasteiger partial charge in [0.25, 0.3) is 5.91 Å². The minimum atomic E-state index is -0.546. The van der Waals surface area contributed by atoms with Gasteiger partial charge in [-0.25, -0.2) is 5.01 Å². The van der Waals surface area contributed by atoms with Crippen LogP contribution in [0.4, 0.5) is 0 Å². The molecule has 2 heterocycles. The molecule has 0 saturated carbocycles. The Hall–Kier alpha value is -0.940. The summed E-state index contributed by atoms with van der Waals surface area (Å²) >= 11 is 0. The molecule has 1 amide bonds. The first-order valence-corrected chi connectivity index (χ1v) is 5.28. The Balaban J connectivity index is 2.30. The molecule has 2 saturated heterocycles. The maximum atomic E-state index is 12.1. The van der Waals surface area contributed by atoms with E-state index in [9.17, 15) is 9.59 Å². The SMILES string of the molecule is CNC1(C)CN2C(C)CC(C=O)N2C1=O. The molecule has 0 bridgehead atoms. The van der Waals surface area contributed by atoms with Crippen molar-refractivity contribution in [1.82, 2.24) is 15.3 Å². The van der Waals surface area contributed by atoms with E-state index in [2.05, 4.69) is 5.32 Å². The van der Waals surface area contributed by atoms with Crippen LogP contribution in [0.15, 0.2) is 0 Å². The molecule has 3 atom stereocenters. The van der Waals surface area contributed by atoms with Crippen molar-refractivity contribution in [2.75, 3.05) is 13.6 Å². The Morgan fingerprint density at radius 3 is 2.80 bits per heavy atom. The van der Waals surface area contributed by atoms with Gasteiger partial charge in [-0.3, -0.25) is 9.80 Å². The average molecular weight is 211 g/mol. The molecule has 15 heavy (non-hydrogen) atoms. The van der Waals surface area contributed by atoms with Gasteiger partial charge in [0, 0.05) is 12.6 Å². The number of nitrogens with zero attached hydrogens (tertiary/aromatic N) is 2. The van der Waals surface area contributed by atoms with E-state index in [0.717, 1.165) is 12.7 Å². The number of rotatable bonds is 2. The lowest BCUT2D eigenvalue weighted by Crippen LogP contribution is -2.51. The molecule has 0 aromatic heterocycles. The molecule has 0 spiro atoms. The summed E-state index contributed by atoms with van der Waals surface area (Å²) in [6, 6.07) is -0.0120. The molecule has 2 fully saturated rings. The van der Waals surface area contributed by atoms with Gasteiger partial charge in [-0.2, -0.15) is 0 Å². The quantitative estimate of drug-likeness (QED) is 0.619. The second-order valence-corrected chi connectivity index (χ2v) is 4.62. The van der Waals surface area contributed by atoms with Crippen LogP contribution in [0.5, 0.6) is 0 Å². The average Bonchev–Trinajstić information content (AvgIpc) is 2.67. The Morgan fingerprint density at radius 1 is 1.60 bits per heavy atom. The lowest BCUT2D eigenvalue weighted by Gasteiger charge is -2.23. The van der Waals surface area contributed by atoms with Gasteiger partial charge in [0.05, 0.1) is 0 Å². The Labute approximate surface area is 89.4 Å². The van der Waals surface area contributed by atoms with Crippen LogP contribution in [0.3, 0.4) is 0 Å². The van der Waals surface area contributed by atoms with Crippen LogP contribution < -0.4 is 5.32 Å². The molecular formula is C10H17N3O2. The predicted octanol–water partition coefficient (Wildman–Crippen LogP) is -0.617. The number of likely N-dealkylation sites (N-methyl/N-ethyl adjacent to an activating group) is 1. The van der Waals surface area contributed by atoms with Crippen molar-refractivity contribution in [3.63, 3.8) is 0 Å². The fourth-order valence-electron chi connectivity index (χ4n) is 2.42. The maximum absolute atomic E-state index is 12.1.